The first-order chi connectivity index (χ1) is 7.04. The minimum Gasteiger partial charge on any atom is -0.387 e. The molecule has 0 aliphatic carbocycles. The monoisotopic (exact) mass is 207 g/mol. The van der Waals surface area contributed by atoms with Crippen molar-refractivity contribution in [1.82, 2.24) is 9.97 Å². The van der Waals surface area contributed by atoms with E-state index in [-0.39, 0.29) is 5.84 Å². The van der Waals surface area contributed by atoms with Gasteiger partial charge in [-0.05, 0) is 0 Å². The summed E-state index contributed by atoms with van der Waals surface area (Å²) in [5.41, 5.74) is 6.27. The molecule has 0 fully saturated rings. The molecule has 0 bridgehead atoms. The number of hydrogen-bond donors (Lipinski definition) is 2. The van der Waals surface area contributed by atoms with E-state index >= 15 is 0 Å². The van der Waals surface area contributed by atoms with E-state index < -0.39 is 0 Å². The number of amidine groups is 1. The van der Waals surface area contributed by atoms with Crippen LogP contribution in [-0.4, -0.2) is 29.9 Å². The minimum atomic E-state index is 0.131. The van der Waals surface area contributed by atoms with Gasteiger partial charge in [0.2, 0.25) is 0 Å². The Balaban J connectivity index is 3.09. The lowest BCUT2D eigenvalue weighted by molar-refractivity contribution is 0.898. The van der Waals surface area contributed by atoms with E-state index in [0.717, 1.165) is 23.6 Å². The summed E-state index contributed by atoms with van der Waals surface area (Å²) in [6.45, 7) is 2.01. The maximum atomic E-state index is 7.27. The normalized spacial score (nSPS) is 10.1. The zero-order chi connectivity index (χ0) is 11.4. The number of nitrogens with two attached hydrogens (primary N) is 1. The summed E-state index contributed by atoms with van der Waals surface area (Å²) >= 11 is 0. The van der Waals surface area contributed by atoms with Crippen molar-refractivity contribution in [3.8, 4) is 0 Å². The molecule has 5 nitrogen and oxygen atoms in total. The lowest BCUT2D eigenvalue weighted by atomic mass is 10.2. The Bertz CT molecular complexity index is 359. The molecule has 0 unspecified atom stereocenters. The van der Waals surface area contributed by atoms with E-state index in [1.54, 1.807) is 6.20 Å². The van der Waals surface area contributed by atoms with Crippen LogP contribution in [0.5, 0.6) is 0 Å². The predicted octanol–water partition coefficient (Wildman–Crippen LogP) is 0.583. The topological polar surface area (TPSA) is 78.9 Å². The molecule has 1 aromatic rings. The molecule has 0 aliphatic heterocycles. The molecule has 0 radical (unpaired) electrons. The number of hydrogen-bond acceptors (Lipinski definition) is 4. The summed E-state index contributed by atoms with van der Waals surface area (Å²) < 4.78 is 0. The Labute approximate surface area is 89.8 Å². The van der Waals surface area contributed by atoms with Crippen molar-refractivity contribution in [1.29, 1.82) is 5.41 Å². The maximum absolute atomic E-state index is 7.27. The van der Waals surface area contributed by atoms with Gasteiger partial charge in [-0.1, -0.05) is 6.92 Å². The van der Waals surface area contributed by atoms with Gasteiger partial charge in [-0.2, -0.15) is 0 Å². The third kappa shape index (κ3) is 2.90. The number of nitrogens with zero attached hydrogens (tertiary/aromatic N) is 3. The minimum absolute atomic E-state index is 0.131. The van der Waals surface area contributed by atoms with Crippen LogP contribution in [0.4, 0.5) is 5.82 Å². The summed E-state index contributed by atoms with van der Waals surface area (Å²) in [6, 6.07) is 0. The van der Waals surface area contributed by atoms with Crippen LogP contribution in [0.3, 0.4) is 0 Å². The van der Waals surface area contributed by atoms with Crippen LogP contribution in [0, 0.1) is 5.41 Å². The van der Waals surface area contributed by atoms with Gasteiger partial charge >= 0.3 is 0 Å². The summed E-state index contributed by atoms with van der Waals surface area (Å²) in [5.74, 6) is 1.79. The third-order valence-corrected chi connectivity index (χ3v) is 2.01. The molecule has 82 valence electrons. The van der Waals surface area contributed by atoms with E-state index in [9.17, 15) is 0 Å². The molecule has 0 amide bonds. The molecule has 15 heavy (non-hydrogen) atoms. The highest BCUT2D eigenvalue weighted by atomic mass is 15.2. The average molecular weight is 207 g/mol. The summed E-state index contributed by atoms with van der Waals surface area (Å²) in [4.78, 5) is 10.5. The van der Waals surface area contributed by atoms with Gasteiger partial charge in [0.15, 0.2) is 0 Å². The Kier molecular flexibility index (Phi) is 3.60. The van der Waals surface area contributed by atoms with Crippen molar-refractivity contribution in [2.45, 2.75) is 19.8 Å². The van der Waals surface area contributed by atoms with E-state index in [1.807, 2.05) is 25.9 Å². The highest BCUT2D eigenvalue weighted by molar-refractivity contribution is 5.80. The van der Waals surface area contributed by atoms with E-state index in [1.165, 1.54) is 0 Å². The van der Waals surface area contributed by atoms with Crippen LogP contribution in [0.25, 0.3) is 0 Å². The van der Waals surface area contributed by atoms with Gasteiger partial charge in [-0.15, -0.1) is 0 Å². The number of rotatable bonds is 4. The molecule has 0 aromatic carbocycles. The Hall–Kier alpha value is -1.65. The van der Waals surface area contributed by atoms with Gasteiger partial charge in [-0.25, -0.2) is 9.97 Å². The van der Waals surface area contributed by atoms with E-state index in [0.29, 0.717) is 6.42 Å². The first-order valence-electron chi connectivity index (χ1n) is 4.89. The molecule has 1 aromatic heterocycles. The Morgan fingerprint density at radius 1 is 1.53 bits per heavy atom. The van der Waals surface area contributed by atoms with Crippen LogP contribution in [0.15, 0.2) is 6.20 Å². The smallest absolute Gasteiger partial charge is 0.135 e. The second kappa shape index (κ2) is 4.72. The number of aryl methyl sites for hydroxylation is 1. The lowest BCUT2D eigenvalue weighted by Crippen LogP contribution is -2.19. The SMILES string of the molecule is CCc1ncc(CC(=N)N)c(N(C)C)n1. The standard InChI is InChI=1S/C10H17N5/c1-4-9-13-6-7(5-8(11)12)10(14-9)15(2)3/h6H,4-5H2,1-3H3,(H3,11,12). The molecule has 0 atom stereocenters. The van der Waals surface area contributed by atoms with Crippen LogP contribution in [0.2, 0.25) is 0 Å². The summed E-state index contributed by atoms with van der Waals surface area (Å²) in [5, 5.41) is 7.27. The van der Waals surface area contributed by atoms with Gasteiger partial charge in [0.1, 0.15) is 11.6 Å². The first-order valence-corrected chi connectivity index (χ1v) is 4.89. The quantitative estimate of drug-likeness (QED) is 0.559. The van der Waals surface area contributed by atoms with Gasteiger partial charge in [0.05, 0.1) is 5.84 Å². The molecule has 0 saturated carbocycles. The average Bonchev–Trinajstić information content (AvgIpc) is 2.17. The molecule has 0 saturated heterocycles. The zero-order valence-electron chi connectivity index (χ0n) is 9.41. The highest BCUT2D eigenvalue weighted by Gasteiger charge is 2.09. The molecular formula is C10H17N5. The zero-order valence-corrected chi connectivity index (χ0v) is 9.41. The fraction of sp³-hybridized carbons (Fsp3) is 0.500. The highest BCUT2D eigenvalue weighted by Crippen LogP contribution is 2.15. The second-order valence-corrected chi connectivity index (χ2v) is 3.59. The maximum Gasteiger partial charge on any atom is 0.135 e. The number of nitrogens with one attached hydrogen (secondary N) is 1. The van der Waals surface area contributed by atoms with Crippen molar-refractivity contribution in [2.75, 3.05) is 19.0 Å². The van der Waals surface area contributed by atoms with Crippen molar-refractivity contribution < 1.29 is 0 Å². The summed E-state index contributed by atoms with van der Waals surface area (Å²) in [6.07, 6.45) is 2.96. The van der Waals surface area contributed by atoms with Crippen molar-refractivity contribution in [2.24, 2.45) is 5.73 Å². The largest absolute Gasteiger partial charge is 0.387 e. The fourth-order valence-electron chi connectivity index (χ4n) is 1.32. The predicted molar refractivity (Wildman–Crippen MR) is 61.4 cm³/mol. The second-order valence-electron chi connectivity index (χ2n) is 3.59. The van der Waals surface area contributed by atoms with Gasteiger partial charge in [0, 0.05) is 38.7 Å². The summed E-state index contributed by atoms with van der Waals surface area (Å²) in [7, 11) is 3.84. The molecule has 0 aliphatic rings. The molecule has 5 heteroatoms. The fourth-order valence-corrected chi connectivity index (χ4v) is 1.32. The molecule has 3 N–H and O–H groups in total. The van der Waals surface area contributed by atoms with Crippen LogP contribution in [-0.2, 0) is 12.8 Å². The van der Waals surface area contributed by atoms with Crippen molar-refractivity contribution in [3.63, 3.8) is 0 Å². The molecule has 1 rings (SSSR count). The van der Waals surface area contributed by atoms with Crippen molar-refractivity contribution >= 4 is 11.7 Å². The van der Waals surface area contributed by atoms with E-state index in [2.05, 4.69) is 9.97 Å². The molecular weight excluding hydrogens is 190 g/mol. The van der Waals surface area contributed by atoms with Gasteiger partial charge in [0.25, 0.3) is 0 Å². The Morgan fingerprint density at radius 2 is 2.20 bits per heavy atom. The van der Waals surface area contributed by atoms with Crippen LogP contribution >= 0.6 is 0 Å². The number of aromatic nitrogens is 2. The third-order valence-electron chi connectivity index (χ3n) is 2.01. The van der Waals surface area contributed by atoms with Crippen LogP contribution < -0.4 is 10.6 Å². The molecule has 0 spiro atoms. The van der Waals surface area contributed by atoms with Crippen molar-refractivity contribution in [3.05, 3.63) is 17.6 Å². The Morgan fingerprint density at radius 3 is 2.67 bits per heavy atom. The van der Waals surface area contributed by atoms with Crippen LogP contribution in [0.1, 0.15) is 18.3 Å². The van der Waals surface area contributed by atoms with Gasteiger partial charge in [-0.3, -0.25) is 5.41 Å². The first kappa shape index (κ1) is 11.4. The molecule has 1 heterocycles. The van der Waals surface area contributed by atoms with Gasteiger partial charge < -0.3 is 10.6 Å². The number of anilines is 1. The van der Waals surface area contributed by atoms with E-state index in [4.69, 9.17) is 11.1 Å². The lowest BCUT2D eigenvalue weighted by Gasteiger charge is -2.16.